The molecule has 1 aliphatic carbocycles. The predicted molar refractivity (Wildman–Crippen MR) is 129 cm³/mol. The minimum absolute atomic E-state index is 0.106. The van der Waals surface area contributed by atoms with E-state index in [2.05, 4.69) is 22.3 Å². The summed E-state index contributed by atoms with van der Waals surface area (Å²) in [5.74, 6) is -2.45. The van der Waals surface area contributed by atoms with E-state index in [-0.39, 0.29) is 29.7 Å². The van der Waals surface area contributed by atoms with Crippen molar-refractivity contribution in [3.63, 3.8) is 0 Å². The first-order valence-electron chi connectivity index (χ1n) is 12.2. The molecule has 0 saturated heterocycles. The van der Waals surface area contributed by atoms with Crippen molar-refractivity contribution in [1.82, 2.24) is 20.4 Å². The van der Waals surface area contributed by atoms with Gasteiger partial charge in [0.05, 0.1) is 12.0 Å². The molecule has 0 bridgehead atoms. The Labute approximate surface area is 201 Å². The summed E-state index contributed by atoms with van der Waals surface area (Å²) in [7, 11) is 0. The molecule has 9 nitrogen and oxygen atoms in total. The zero-order valence-electron chi connectivity index (χ0n) is 20.8. The second-order valence-corrected chi connectivity index (χ2v) is 9.30. The van der Waals surface area contributed by atoms with Gasteiger partial charge in [0.1, 0.15) is 0 Å². The average molecular weight is 475 g/mol. The summed E-state index contributed by atoms with van der Waals surface area (Å²) in [4.78, 5) is 50.9. The molecular formula is C25H38N4O5. The zero-order valence-corrected chi connectivity index (χ0v) is 20.8. The number of hydrogen-bond acceptors (Lipinski definition) is 6. The fourth-order valence-electron chi connectivity index (χ4n) is 4.14. The van der Waals surface area contributed by atoms with Crippen molar-refractivity contribution in [3.8, 4) is 0 Å². The van der Waals surface area contributed by atoms with Crippen LogP contribution in [-0.4, -0.2) is 39.5 Å². The Morgan fingerprint density at radius 2 is 1.97 bits per heavy atom. The van der Waals surface area contributed by atoms with Crippen LogP contribution in [0, 0.1) is 11.8 Å². The highest BCUT2D eigenvalue weighted by molar-refractivity contribution is 5.99. The monoisotopic (exact) mass is 474 g/mol. The minimum atomic E-state index is -0.874. The Morgan fingerprint density at radius 3 is 2.62 bits per heavy atom. The molecule has 188 valence electrons. The average Bonchev–Trinajstić information content (AvgIpc) is 3.17. The number of aryl methyl sites for hydroxylation is 1. The van der Waals surface area contributed by atoms with Crippen molar-refractivity contribution in [1.29, 1.82) is 0 Å². The molecule has 0 aliphatic heterocycles. The molecule has 2 N–H and O–H groups in total. The summed E-state index contributed by atoms with van der Waals surface area (Å²) in [5, 5.41) is 9.84. The fraction of sp³-hybridized carbons (Fsp3) is 0.640. The molecule has 0 aromatic carbocycles. The third-order valence-electron chi connectivity index (χ3n) is 5.96. The van der Waals surface area contributed by atoms with Crippen LogP contribution in [0.25, 0.3) is 0 Å². The summed E-state index contributed by atoms with van der Waals surface area (Å²) in [6.45, 7) is 11.8. The van der Waals surface area contributed by atoms with Gasteiger partial charge in [0.2, 0.25) is 11.7 Å². The number of ketones is 1. The first-order chi connectivity index (χ1) is 16.2. The fourth-order valence-corrected chi connectivity index (χ4v) is 4.14. The van der Waals surface area contributed by atoms with Crippen LogP contribution in [0.3, 0.4) is 0 Å². The van der Waals surface area contributed by atoms with Crippen LogP contribution in [-0.2, 0) is 16.1 Å². The third-order valence-corrected chi connectivity index (χ3v) is 5.96. The van der Waals surface area contributed by atoms with Gasteiger partial charge in [-0.15, -0.1) is 5.10 Å². The Morgan fingerprint density at radius 1 is 1.26 bits per heavy atom. The van der Waals surface area contributed by atoms with E-state index in [1.54, 1.807) is 19.1 Å². The minimum Gasteiger partial charge on any atom is -0.384 e. The highest BCUT2D eigenvalue weighted by atomic mass is 16.4. The SMILES string of the molecule is C=C(/C=C\C)C(=O)N[C@H]1CCCC[C@H]1C(=O)N[C@@H](CC(C)C)C(=O)c1nn(CCCC)c(=O)o1. The van der Waals surface area contributed by atoms with Gasteiger partial charge in [-0.3, -0.25) is 14.4 Å². The maximum Gasteiger partial charge on any atom is 0.437 e. The molecule has 1 heterocycles. The third kappa shape index (κ3) is 7.53. The topological polar surface area (TPSA) is 123 Å². The first-order valence-corrected chi connectivity index (χ1v) is 12.2. The summed E-state index contributed by atoms with van der Waals surface area (Å²) in [5.41, 5.74) is 0.328. The van der Waals surface area contributed by atoms with Crippen molar-refractivity contribution in [2.45, 2.75) is 91.3 Å². The van der Waals surface area contributed by atoms with Crippen molar-refractivity contribution in [2.24, 2.45) is 11.8 Å². The molecule has 0 unspecified atom stereocenters. The lowest BCUT2D eigenvalue weighted by molar-refractivity contribution is -0.128. The molecule has 1 aromatic rings. The smallest absolute Gasteiger partial charge is 0.384 e. The molecule has 1 aromatic heterocycles. The summed E-state index contributed by atoms with van der Waals surface area (Å²) in [6.07, 6.45) is 8.38. The molecule has 0 radical (unpaired) electrons. The van der Waals surface area contributed by atoms with E-state index in [1.807, 2.05) is 20.8 Å². The van der Waals surface area contributed by atoms with Gasteiger partial charge >= 0.3 is 5.76 Å². The second-order valence-electron chi connectivity index (χ2n) is 9.30. The van der Waals surface area contributed by atoms with Crippen molar-refractivity contribution < 1.29 is 18.8 Å². The maximum absolute atomic E-state index is 13.3. The van der Waals surface area contributed by atoms with Gasteiger partial charge in [0, 0.05) is 18.2 Å². The number of hydrogen-bond donors (Lipinski definition) is 2. The van der Waals surface area contributed by atoms with Crippen LogP contribution in [0.1, 0.15) is 83.3 Å². The van der Waals surface area contributed by atoms with Gasteiger partial charge in [-0.2, -0.15) is 4.68 Å². The predicted octanol–water partition coefficient (Wildman–Crippen LogP) is 3.16. The Kier molecular flexibility index (Phi) is 10.5. The zero-order chi connectivity index (χ0) is 25.3. The van der Waals surface area contributed by atoms with Crippen LogP contribution < -0.4 is 16.4 Å². The number of unbranched alkanes of at least 4 members (excludes halogenated alkanes) is 1. The van der Waals surface area contributed by atoms with Crippen molar-refractivity contribution >= 4 is 17.6 Å². The highest BCUT2D eigenvalue weighted by Gasteiger charge is 2.35. The standard InChI is InChI=1S/C25H38N4O5/c1-6-8-14-29-25(33)34-24(28-29)21(30)20(15-16(3)4)27-23(32)18-12-9-10-13-19(18)26-22(31)17(5)11-7-2/h7,11,16,18-20H,5-6,8-10,12-15H2,1-4H3,(H,26,31)(H,27,32)/b11-7-/t18-,19+,20+/m1/s1. The molecule has 2 rings (SSSR count). The van der Waals surface area contributed by atoms with Crippen LogP contribution in [0.15, 0.2) is 33.5 Å². The van der Waals surface area contributed by atoms with Gasteiger partial charge in [-0.05, 0) is 38.5 Å². The highest BCUT2D eigenvalue weighted by Crippen LogP contribution is 2.25. The van der Waals surface area contributed by atoms with Crippen LogP contribution in [0.4, 0.5) is 0 Å². The normalized spacial score (nSPS) is 19.2. The maximum atomic E-state index is 13.3. The van der Waals surface area contributed by atoms with Crippen LogP contribution >= 0.6 is 0 Å². The van der Waals surface area contributed by atoms with Gasteiger partial charge in [0.25, 0.3) is 11.8 Å². The van der Waals surface area contributed by atoms with E-state index in [0.29, 0.717) is 31.4 Å². The molecule has 9 heteroatoms. The van der Waals surface area contributed by atoms with E-state index in [4.69, 9.17) is 4.42 Å². The van der Waals surface area contributed by atoms with Gasteiger partial charge in [-0.25, -0.2) is 4.79 Å². The molecule has 1 aliphatic rings. The molecule has 1 saturated carbocycles. The summed E-state index contributed by atoms with van der Waals surface area (Å²) in [6, 6.07) is -1.22. The number of carbonyl (C=O) groups is 3. The van der Waals surface area contributed by atoms with Crippen LogP contribution in [0.5, 0.6) is 0 Å². The molecule has 0 spiro atoms. The number of aromatic nitrogens is 2. The lowest BCUT2D eigenvalue weighted by Gasteiger charge is -2.32. The number of carbonyl (C=O) groups excluding carboxylic acids is 3. The largest absolute Gasteiger partial charge is 0.437 e. The van der Waals surface area contributed by atoms with Crippen molar-refractivity contribution in [3.05, 3.63) is 40.7 Å². The molecule has 2 amide bonds. The number of allylic oxidation sites excluding steroid dienone is 1. The molecule has 1 fully saturated rings. The number of rotatable bonds is 12. The van der Waals surface area contributed by atoms with E-state index < -0.39 is 23.5 Å². The lowest BCUT2D eigenvalue weighted by atomic mass is 9.83. The van der Waals surface area contributed by atoms with E-state index in [1.165, 1.54) is 0 Å². The molecule has 34 heavy (non-hydrogen) atoms. The van der Waals surface area contributed by atoms with Gasteiger partial charge in [0.15, 0.2) is 0 Å². The molecular weight excluding hydrogens is 436 g/mol. The van der Waals surface area contributed by atoms with E-state index >= 15 is 0 Å². The second kappa shape index (κ2) is 13.1. The Bertz CT molecular complexity index is 959. The number of nitrogens with zero attached hydrogens (tertiary/aromatic N) is 2. The summed E-state index contributed by atoms with van der Waals surface area (Å²) >= 11 is 0. The summed E-state index contributed by atoms with van der Waals surface area (Å²) < 4.78 is 6.26. The lowest BCUT2D eigenvalue weighted by Crippen LogP contribution is -2.52. The Hall–Kier alpha value is -2.97. The van der Waals surface area contributed by atoms with Crippen LogP contribution in [0.2, 0.25) is 0 Å². The molecule has 3 atom stereocenters. The van der Waals surface area contributed by atoms with E-state index in [9.17, 15) is 19.2 Å². The van der Waals surface area contributed by atoms with E-state index in [0.717, 1.165) is 30.4 Å². The van der Waals surface area contributed by atoms with Crippen molar-refractivity contribution in [2.75, 3.05) is 0 Å². The number of amides is 2. The Balaban J connectivity index is 2.17. The number of Topliss-reactive ketones (excluding diaryl/α,β-unsaturated/α-hetero) is 1. The first kappa shape index (κ1) is 27.3. The van der Waals surface area contributed by atoms with Gasteiger partial charge in [-0.1, -0.05) is 58.8 Å². The number of nitrogens with one attached hydrogen (secondary N) is 2. The quantitative estimate of drug-likeness (QED) is 0.272. The van der Waals surface area contributed by atoms with Gasteiger partial charge < -0.3 is 15.1 Å².